The average Bonchev–Trinajstić information content (AvgIpc) is 3.26. The van der Waals surface area contributed by atoms with Crippen LogP contribution in [0.5, 0.6) is 0 Å². The molecule has 0 aromatic heterocycles. The Balaban J connectivity index is 1.21. The van der Waals surface area contributed by atoms with Gasteiger partial charge in [0.05, 0.1) is 5.69 Å². The molecule has 258 valence electrons. The molecule has 0 unspecified atom stereocenters. The zero-order valence-corrected chi connectivity index (χ0v) is 30.3. The van der Waals surface area contributed by atoms with Crippen LogP contribution in [0.2, 0.25) is 0 Å². The van der Waals surface area contributed by atoms with Gasteiger partial charge >= 0.3 is 0 Å². The number of fused-ring (bicyclic) bond motifs is 3. The largest absolute Gasteiger partial charge is 0.310 e. The first kappa shape index (κ1) is 32.4. The first-order valence-electron chi connectivity index (χ1n) is 18.9. The molecule has 0 aliphatic carbocycles. The lowest BCUT2D eigenvalue weighted by atomic mass is 9.94. The van der Waals surface area contributed by atoms with Gasteiger partial charge in [-0.15, -0.1) is 0 Å². The Morgan fingerprint density at radius 3 is 1.51 bits per heavy atom. The van der Waals surface area contributed by atoms with Crippen LogP contribution < -0.4 is 4.90 Å². The van der Waals surface area contributed by atoms with Gasteiger partial charge in [0.15, 0.2) is 0 Å². The molecule has 0 saturated heterocycles. The lowest BCUT2D eigenvalue weighted by Crippen LogP contribution is -2.11. The summed E-state index contributed by atoms with van der Waals surface area (Å²) < 4.78 is 0. The summed E-state index contributed by atoms with van der Waals surface area (Å²) in [5, 5.41) is 7.41. The van der Waals surface area contributed by atoms with E-state index in [1.54, 1.807) is 0 Å². The maximum atomic E-state index is 2.44. The van der Waals surface area contributed by atoms with Crippen LogP contribution in [-0.4, -0.2) is 0 Å². The van der Waals surface area contributed by atoms with Gasteiger partial charge in [-0.1, -0.05) is 182 Å². The molecular weight excluding hydrogens is 663 g/mol. The number of anilines is 3. The second-order valence-corrected chi connectivity index (χ2v) is 14.2. The standard InChI is InChI=1S/C54H37N/c1-2-12-38(13-3-1)41-28-31-49(32-29-41)55(50-21-10-20-47(36-50)52-23-11-19-42-16-8-9-22-51(42)52)54-37-46(45-26-24-39-14-4-6-17-43(39)34-45)30-33-53(54)48-27-25-40-15-5-7-18-44(40)35-48/h1-37H. The van der Waals surface area contributed by atoms with E-state index in [1.807, 2.05) is 0 Å². The third kappa shape index (κ3) is 6.22. The second kappa shape index (κ2) is 14.0. The summed E-state index contributed by atoms with van der Waals surface area (Å²) in [5.41, 5.74) is 12.8. The minimum Gasteiger partial charge on any atom is -0.310 e. The molecule has 0 aliphatic rings. The Labute approximate surface area is 322 Å². The van der Waals surface area contributed by atoms with Crippen molar-refractivity contribution in [1.29, 1.82) is 0 Å². The highest BCUT2D eigenvalue weighted by Gasteiger charge is 2.20. The van der Waals surface area contributed by atoms with Crippen molar-refractivity contribution in [3.63, 3.8) is 0 Å². The predicted octanol–water partition coefficient (Wildman–Crippen LogP) is 15.3. The lowest BCUT2D eigenvalue weighted by molar-refractivity contribution is 1.28. The third-order valence-electron chi connectivity index (χ3n) is 10.8. The van der Waals surface area contributed by atoms with E-state index in [4.69, 9.17) is 0 Å². The Morgan fingerprint density at radius 2 is 0.745 bits per heavy atom. The zero-order chi connectivity index (χ0) is 36.6. The second-order valence-electron chi connectivity index (χ2n) is 14.2. The first-order chi connectivity index (χ1) is 27.2. The van der Waals surface area contributed by atoms with Gasteiger partial charge in [-0.3, -0.25) is 0 Å². The summed E-state index contributed by atoms with van der Waals surface area (Å²) in [5.74, 6) is 0. The Bertz CT molecular complexity index is 2970. The van der Waals surface area contributed by atoms with E-state index < -0.39 is 0 Å². The highest BCUT2D eigenvalue weighted by Crippen LogP contribution is 2.45. The van der Waals surface area contributed by atoms with Crippen molar-refractivity contribution in [1.82, 2.24) is 0 Å². The van der Waals surface area contributed by atoms with Crippen LogP contribution in [0, 0.1) is 0 Å². The van der Waals surface area contributed by atoms with Gasteiger partial charge in [0, 0.05) is 16.9 Å². The number of benzene rings is 10. The quantitative estimate of drug-likeness (QED) is 0.160. The van der Waals surface area contributed by atoms with E-state index >= 15 is 0 Å². The molecule has 0 spiro atoms. The van der Waals surface area contributed by atoms with Crippen molar-refractivity contribution in [3.8, 4) is 44.5 Å². The van der Waals surface area contributed by atoms with Gasteiger partial charge < -0.3 is 4.90 Å². The van der Waals surface area contributed by atoms with Gasteiger partial charge in [0.1, 0.15) is 0 Å². The molecule has 10 aromatic rings. The summed E-state index contributed by atoms with van der Waals surface area (Å²) in [7, 11) is 0. The SMILES string of the molecule is c1ccc(-c2ccc(N(c3cccc(-c4cccc5ccccc45)c3)c3cc(-c4ccc5ccccc5c4)ccc3-c3ccc4ccccc4c3)cc2)cc1. The highest BCUT2D eigenvalue weighted by molar-refractivity contribution is 5.99. The molecule has 0 aliphatic heterocycles. The van der Waals surface area contributed by atoms with Crippen LogP contribution in [-0.2, 0) is 0 Å². The van der Waals surface area contributed by atoms with Crippen LogP contribution in [0.3, 0.4) is 0 Å². The van der Waals surface area contributed by atoms with Gasteiger partial charge in [0.25, 0.3) is 0 Å². The van der Waals surface area contributed by atoms with E-state index in [2.05, 4.69) is 229 Å². The molecule has 55 heavy (non-hydrogen) atoms. The fraction of sp³-hybridized carbons (Fsp3) is 0. The Hall–Kier alpha value is -7.22. The molecule has 1 heteroatoms. The van der Waals surface area contributed by atoms with Crippen LogP contribution in [0.25, 0.3) is 76.8 Å². The number of hydrogen-bond donors (Lipinski definition) is 0. The van der Waals surface area contributed by atoms with E-state index in [-0.39, 0.29) is 0 Å². The maximum Gasteiger partial charge on any atom is 0.0546 e. The van der Waals surface area contributed by atoms with Crippen molar-refractivity contribution < 1.29 is 0 Å². The Morgan fingerprint density at radius 1 is 0.236 bits per heavy atom. The average molecular weight is 700 g/mol. The Kier molecular flexibility index (Phi) is 8.24. The third-order valence-corrected chi connectivity index (χ3v) is 10.8. The summed E-state index contributed by atoms with van der Waals surface area (Å²) >= 11 is 0. The molecule has 10 rings (SSSR count). The molecule has 0 amide bonds. The number of hydrogen-bond acceptors (Lipinski definition) is 1. The predicted molar refractivity (Wildman–Crippen MR) is 235 cm³/mol. The van der Waals surface area contributed by atoms with Crippen molar-refractivity contribution in [3.05, 3.63) is 224 Å². The van der Waals surface area contributed by atoms with E-state index in [1.165, 1.54) is 71.3 Å². The smallest absolute Gasteiger partial charge is 0.0546 e. The van der Waals surface area contributed by atoms with Crippen LogP contribution in [0.1, 0.15) is 0 Å². The van der Waals surface area contributed by atoms with Crippen molar-refractivity contribution in [2.75, 3.05) is 4.90 Å². The number of rotatable bonds is 7. The first-order valence-corrected chi connectivity index (χ1v) is 18.9. The van der Waals surface area contributed by atoms with E-state index in [9.17, 15) is 0 Å². The molecule has 0 N–H and O–H groups in total. The van der Waals surface area contributed by atoms with Crippen molar-refractivity contribution >= 4 is 49.4 Å². The fourth-order valence-electron chi connectivity index (χ4n) is 8.02. The zero-order valence-electron chi connectivity index (χ0n) is 30.3. The van der Waals surface area contributed by atoms with Crippen LogP contribution in [0.15, 0.2) is 224 Å². The number of nitrogens with zero attached hydrogens (tertiary/aromatic N) is 1. The normalized spacial score (nSPS) is 11.3. The molecular formula is C54H37N. The van der Waals surface area contributed by atoms with Gasteiger partial charge in [-0.2, -0.15) is 0 Å². The molecule has 0 atom stereocenters. The summed E-state index contributed by atoms with van der Waals surface area (Å²) in [6, 6.07) is 81.7. The molecule has 0 fully saturated rings. The molecule has 0 bridgehead atoms. The van der Waals surface area contributed by atoms with Gasteiger partial charge in [0.2, 0.25) is 0 Å². The van der Waals surface area contributed by atoms with E-state index in [0.717, 1.165) is 22.6 Å². The molecule has 0 heterocycles. The van der Waals surface area contributed by atoms with Crippen molar-refractivity contribution in [2.24, 2.45) is 0 Å². The van der Waals surface area contributed by atoms with Crippen LogP contribution in [0.4, 0.5) is 17.1 Å². The fourth-order valence-corrected chi connectivity index (χ4v) is 8.02. The molecule has 0 saturated carbocycles. The maximum absolute atomic E-state index is 2.44. The van der Waals surface area contributed by atoms with Gasteiger partial charge in [-0.05, 0) is 114 Å². The summed E-state index contributed by atoms with van der Waals surface area (Å²) in [6.45, 7) is 0. The topological polar surface area (TPSA) is 3.24 Å². The van der Waals surface area contributed by atoms with Crippen LogP contribution >= 0.6 is 0 Å². The monoisotopic (exact) mass is 699 g/mol. The summed E-state index contributed by atoms with van der Waals surface area (Å²) in [6.07, 6.45) is 0. The molecule has 1 nitrogen and oxygen atoms in total. The summed E-state index contributed by atoms with van der Waals surface area (Å²) in [4.78, 5) is 2.44. The van der Waals surface area contributed by atoms with Crippen molar-refractivity contribution in [2.45, 2.75) is 0 Å². The lowest BCUT2D eigenvalue weighted by Gasteiger charge is -2.29. The molecule has 10 aromatic carbocycles. The minimum absolute atomic E-state index is 1.09. The molecule has 0 radical (unpaired) electrons. The van der Waals surface area contributed by atoms with Gasteiger partial charge in [-0.25, -0.2) is 0 Å². The minimum atomic E-state index is 1.09. The highest BCUT2D eigenvalue weighted by atomic mass is 15.1. The van der Waals surface area contributed by atoms with E-state index in [0.29, 0.717) is 0 Å².